The molecule has 2 aromatic carbocycles. The van der Waals surface area contributed by atoms with Crippen LogP contribution in [0, 0.1) is 11.3 Å². The molecule has 0 atom stereocenters. The topological polar surface area (TPSA) is 33.0 Å². The van der Waals surface area contributed by atoms with Gasteiger partial charge in [-0.1, -0.05) is 88.6 Å². The molecule has 1 aliphatic carbocycles. The van der Waals surface area contributed by atoms with Gasteiger partial charge in [-0.15, -0.1) is 0 Å². The van der Waals surface area contributed by atoms with E-state index in [9.17, 15) is 5.26 Å². The van der Waals surface area contributed by atoms with Gasteiger partial charge in [0.15, 0.2) is 0 Å². The standard InChI is InChI=1S/C27H35NO/c1-2-3-4-5-6-10-19-29-27-18-17-25(20-26(27)21-28)24-15-13-23(14-16-24)22-11-8-7-9-12-22/h13-18,20,22H,2-12,19H2,1H3. The van der Waals surface area contributed by atoms with E-state index in [0.29, 0.717) is 17.9 Å². The van der Waals surface area contributed by atoms with E-state index >= 15 is 0 Å². The molecule has 29 heavy (non-hydrogen) atoms. The molecular formula is C27H35NO. The molecule has 0 spiro atoms. The monoisotopic (exact) mass is 389 g/mol. The molecule has 0 bridgehead atoms. The van der Waals surface area contributed by atoms with Gasteiger partial charge in [-0.25, -0.2) is 0 Å². The van der Waals surface area contributed by atoms with Gasteiger partial charge >= 0.3 is 0 Å². The van der Waals surface area contributed by atoms with Crippen molar-refractivity contribution in [1.82, 2.24) is 0 Å². The van der Waals surface area contributed by atoms with Crippen LogP contribution in [0.4, 0.5) is 0 Å². The van der Waals surface area contributed by atoms with E-state index in [2.05, 4.69) is 43.3 Å². The average Bonchev–Trinajstić information content (AvgIpc) is 2.79. The first-order valence-corrected chi connectivity index (χ1v) is 11.6. The summed E-state index contributed by atoms with van der Waals surface area (Å²) in [5, 5.41) is 9.57. The first-order valence-electron chi connectivity index (χ1n) is 11.6. The molecular weight excluding hydrogens is 354 g/mol. The number of ether oxygens (including phenoxy) is 1. The first kappa shape index (κ1) is 21.4. The number of nitrogens with zero attached hydrogens (tertiary/aromatic N) is 1. The summed E-state index contributed by atoms with van der Waals surface area (Å²) >= 11 is 0. The van der Waals surface area contributed by atoms with Gasteiger partial charge in [0.1, 0.15) is 11.8 Å². The van der Waals surface area contributed by atoms with Gasteiger partial charge in [-0.2, -0.15) is 5.26 Å². The third-order valence-electron chi connectivity index (χ3n) is 6.18. The van der Waals surface area contributed by atoms with Crippen molar-refractivity contribution in [3.8, 4) is 22.9 Å². The smallest absolute Gasteiger partial charge is 0.137 e. The lowest BCUT2D eigenvalue weighted by Gasteiger charge is -2.22. The van der Waals surface area contributed by atoms with E-state index < -0.39 is 0 Å². The molecule has 0 unspecified atom stereocenters. The Morgan fingerprint density at radius 3 is 2.28 bits per heavy atom. The molecule has 154 valence electrons. The van der Waals surface area contributed by atoms with E-state index in [1.807, 2.05) is 12.1 Å². The van der Waals surface area contributed by atoms with Gasteiger partial charge in [0.05, 0.1) is 12.2 Å². The van der Waals surface area contributed by atoms with Gasteiger partial charge in [-0.05, 0) is 54.0 Å². The molecule has 0 aliphatic heterocycles. The number of benzene rings is 2. The zero-order chi connectivity index (χ0) is 20.3. The molecule has 0 N–H and O–H groups in total. The second-order valence-corrected chi connectivity index (χ2v) is 8.40. The Kier molecular flexibility index (Phi) is 8.62. The summed E-state index contributed by atoms with van der Waals surface area (Å²) in [4.78, 5) is 0. The van der Waals surface area contributed by atoms with Crippen LogP contribution in [0.5, 0.6) is 5.75 Å². The van der Waals surface area contributed by atoms with Crippen molar-refractivity contribution in [3.05, 3.63) is 53.6 Å². The Labute approximate surface area is 176 Å². The summed E-state index contributed by atoms with van der Waals surface area (Å²) in [5.74, 6) is 1.44. The van der Waals surface area contributed by atoms with Crippen LogP contribution >= 0.6 is 0 Å². The summed E-state index contributed by atoms with van der Waals surface area (Å²) in [6.07, 6.45) is 14.2. The Morgan fingerprint density at radius 2 is 1.55 bits per heavy atom. The van der Waals surface area contributed by atoms with Crippen LogP contribution < -0.4 is 4.74 Å². The number of rotatable bonds is 10. The lowest BCUT2D eigenvalue weighted by atomic mass is 9.83. The molecule has 0 radical (unpaired) electrons. The molecule has 2 nitrogen and oxygen atoms in total. The van der Waals surface area contributed by atoms with Gasteiger partial charge in [0, 0.05) is 0 Å². The number of hydrogen-bond donors (Lipinski definition) is 0. The maximum Gasteiger partial charge on any atom is 0.137 e. The molecule has 3 rings (SSSR count). The molecule has 0 amide bonds. The molecule has 2 heteroatoms. The van der Waals surface area contributed by atoms with Crippen LogP contribution in [-0.2, 0) is 0 Å². The van der Waals surface area contributed by atoms with Gasteiger partial charge in [0.25, 0.3) is 0 Å². The fourth-order valence-corrected chi connectivity index (χ4v) is 4.37. The largest absolute Gasteiger partial charge is 0.492 e. The normalized spacial score (nSPS) is 14.5. The first-order chi connectivity index (χ1) is 14.3. The molecule has 0 saturated heterocycles. The van der Waals surface area contributed by atoms with E-state index in [4.69, 9.17) is 4.74 Å². The zero-order valence-corrected chi connectivity index (χ0v) is 18.0. The van der Waals surface area contributed by atoms with Crippen molar-refractivity contribution >= 4 is 0 Å². The summed E-state index contributed by atoms with van der Waals surface area (Å²) in [6, 6.07) is 17.3. The van der Waals surface area contributed by atoms with E-state index in [0.717, 1.165) is 17.9 Å². The third kappa shape index (κ3) is 6.36. The van der Waals surface area contributed by atoms with E-state index in [-0.39, 0.29) is 0 Å². The van der Waals surface area contributed by atoms with Crippen LogP contribution in [-0.4, -0.2) is 6.61 Å². The van der Waals surface area contributed by atoms with Gasteiger partial charge < -0.3 is 4.74 Å². The highest BCUT2D eigenvalue weighted by Gasteiger charge is 2.15. The minimum Gasteiger partial charge on any atom is -0.492 e. The lowest BCUT2D eigenvalue weighted by molar-refractivity contribution is 0.303. The minimum absolute atomic E-state index is 0.629. The lowest BCUT2D eigenvalue weighted by Crippen LogP contribution is -2.04. The molecule has 1 fully saturated rings. The molecule has 0 heterocycles. The van der Waals surface area contributed by atoms with E-state index in [1.165, 1.54) is 75.3 Å². The van der Waals surface area contributed by atoms with Crippen LogP contribution in [0.25, 0.3) is 11.1 Å². The number of nitriles is 1. The quantitative estimate of drug-likeness (QED) is 0.385. The Morgan fingerprint density at radius 1 is 0.862 bits per heavy atom. The number of hydrogen-bond acceptors (Lipinski definition) is 2. The Balaban J connectivity index is 1.57. The predicted octanol–water partition coefficient (Wildman–Crippen LogP) is 8.01. The minimum atomic E-state index is 0.629. The average molecular weight is 390 g/mol. The van der Waals surface area contributed by atoms with Crippen LogP contribution in [0.15, 0.2) is 42.5 Å². The SMILES string of the molecule is CCCCCCCCOc1ccc(-c2ccc(C3CCCCC3)cc2)cc1C#N. The molecule has 1 saturated carbocycles. The maximum absolute atomic E-state index is 9.57. The highest BCUT2D eigenvalue weighted by molar-refractivity contribution is 5.67. The van der Waals surface area contributed by atoms with Gasteiger partial charge in [0.2, 0.25) is 0 Å². The van der Waals surface area contributed by atoms with Crippen LogP contribution in [0.3, 0.4) is 0 Å². The van der Waals surface area contributed by atoms with Crippen molar-refractivity contribution in [2.75, 3.05) is 6.61 Å². The molecule has 1 aliphatic rings. The zero-order valence-electron chi connectivity index (χ0n) is 18.0. The fourth-order valence-electron chi connectivity index (χ4n) is 4.37. The second kappa shape index (κ2) is 11.7. The highest BCUT2D eigenvalue weighted by Crippen LogP contribution is 2.34. The van der Waals surface area contributed by atoms with Crippen LogP contribution in [0.2, 0.25) is 0 Å². The van der Waals surface area contributed by atoms with Crippen molar-refractivity contribution in [2.45, 2.75) is 83.5 Å². The summed E-state index contributed by atoms with van der Waals surface area (Å²) in [5.41, 5.74) is 4.35. The predicted molar refractivity (Wildman–Crippen MR) is 121 cm³/mol. The Bertz CT molecular complexity index is 781. The third-order valence-corrected chi connectivity index (χ3v) is 6.18. The van der Waals surface area contributed by atoms with Gasteiger partial charge in [-0.3, -0.25) is 0 Å². The van der Waals surface area contributed by atoms with Crippen molar-refractivity contribution < 1.29 is 4.74 Å². The maximum atomic E-state index is 9.57. The van der Waals surface area contributed by atoms with Crippen molar-refractivity contribution in [2.24, 2.45) is 0 Å². The number of unbranched alkanes of at least 4 members (excludes halogenated alkanes) is 5. The summed E-state index contributed by atoms with van der Waals surface area (Å²) in [6.45, 7) is 2.93. The molecule has 2 aromatic rings. The summed E-state index contributed by atoms with van der Waals surface area (Å²) < 4.78 is 5.90. The van der Waals surface area contributed by atoms with Crippen molar-refractivity contribution in [3.63, 3.8) is 0 Å². The van der Waals surface area contributed by atoms with Crippen LogP contribution in [0.1, 0.15) is 94.6 Å². The molecule has 0 aromatic heterocycles. The highest BCUT2D eigenvalue weighted by atomic mass is 16.5. The Hall–Kier alpha value is -2.27. The summed E-state index contributed by atoms with van der Waals surface area (Å²) in [7, 11) is 0. The van der Waals surface area contributed by atoms with Crippen molar-refractivity contribution in [1.29, 1.82) is 5.26 Å². The second-order valence-electron chi connectivity index (χ2n) is 8.40. The fraction of sp³-hybridized carbons (Fsp3) is 0.519. The van der Waals surface area contributed by atoms with E-state index in [1.54, 1.807) is 0 Å².